The highest BCUT2D eigenvalue weighted by molar-refractivity contribution is 6.06. The van der Waals surface area contributed by atoms with Gasteiger partial charge in [0.05, 0.1) is 12.2 Å². The summed E-state index contributed by atoms with van der Waals surface area (Å²) in [4.78, 5) is 11.9. The molecular formula is C15H13F2NO3. The zero-order chi connectivity index (χ0) is 15.4. The molecule has 0 atom stereocenters. The molecule has 0 aromatic heterocycles. The van der Waals surface area contributed by atoms with Crippen molar-refractivity contribution in [3.63, 3.8) is 0 Å². The Labute approximate surface area is 120 Å². The molecule has 0 aliphatic carbocycles. The largest absolute Gasteiger partial charge is 0.507 e. The van der Waals surface area contributed by atoms with Crippen molar-refractivity contribution < 1.29 is 23.4 Å². The van der Waals surface area contributed by atoms with Crippen LogP contribution >= 0.6 is 0 Å². The van der Waals surface area contributed by atoms with Gasteiger partial charge < -0.3 is 15.2 Å². The standard InChI is InChI=1S/C15H13F2NO3/c1-2-21-14-6-4-10(8-12(14)17)18-15(20)11-7-9(16)3-5-13(11)19/h3-8,19H,2H2,1H3,(H,18,20). The van der Waals surface area contributed by atoms with Crippen molar-refractivity contribution >= 4 is 11.6 Å². The van der Waals surface area contributed by atoms with Gasteiger partial charge in [-0.05, 0) is 37.3 Å². The molecule has 0 unspecified atom stereocenters. The van der Waals surface area contributed by atoms with Crippen LogP contribution in [0.5, 0.6) is 11.5 Å². The number of rotatable bonds is 4. The predicted octanol–water partition coefficient (Wildman–Crippen LogP) is 3.32. The van der Waals surface area contributed by atoms with Crippen molar-refractivity contribution in [2.75, 3.05) is 11.9 Å². The van der Waals surface area contributed by atoms with Crippen LogP contribution in [0.3, 0.4) is 0 Å². The molecule has 0 saturated carbocycles. The first-order valence-electron chi connectivity index (χ1n) is 6.23. The minimum absolute atomic E-state index is 0.0732. The summed E-state index contributed by atoms with van der Waals surface area (Å²) >= 11 is 0. The summed E-state index contributed by atoms with van der Waals surface area (Å²) < 4.78 is 31.8. The second kappa shape index (κ2) is 6.21. The first kappa shape index (κ1) is 14.8. The molecule has 2 aromatic rings. The number of amides is 1. The smallest absolute Gasteiger partial charge is 0.259 e. The van der Waals surface area contributed by atoms with E-state index in [1.807, 2.05) is 0 Å². The van der Waals surface area contributed by atoms with Crippen molar-refractivity contribution in [1.82, 2.24) is 0 Å². The van der Waals surface area contributed by atoms with Crippen molar-refractivity contribution in [2.24, 2.45) is 0 Å². The van der Waals surface area contributed by atoms with E-state index in [9.17, 15) is 18.7 Å². The summed E-state index contributed by atoms with van der Waals surface area (Å²) in [5.41, 5.74) is -0.0612. The number of carbonyl (C=O) groups excluding carboxylic acids is 1. The molecule has 2 N–H and O–H groups in total. The molecule has 0 heterocycles. The van der Waals surface area contributed by atoms with Crippen molar-refractivity contribution in [2.45, 2.75) is 6.92 Å². The normalized spacial score (nSPS) is 10.2. The Morgan fingerprint density at radius 3 is 2.67 bits per heavy atom. The third-order valence-electron chi connectivity index (χ3n) is 2.69. The maximum absolute atomic E-state index is 13.6. The third kappa shape index (κ3) is 3.47. The summed E-state index contributed by atoms with van der Waals surface area (Å²) in [6.45, 7) is 2.04. The van der Waals surface area contributed by atoms with Crippen LogP contribution in [0.2, 0.25) is 0 Å². The van der Waals surface area contributed by atoms with E-state index in [1.165, 1.54) is 12.1 Å². The van der Waals surface area contributed by atoms with E-state index in [0.717, 1.165) is 24.3 Å². The lowest BCUT2D eigenvalue weighted by atomic mass is 10.1. The molecule has 2 aromatic carbocycles. The molecule has 6 heteroatoms. The number of ether oxygens (including phenoxy) is 1. The second-order valence-corrected chi connectivity index (χ2v) is 4.19. The number of nitrogens with one attached hydrogen (secondary N) is 1. The molecular weight excluding hydrogens is 280 g/mol. The Kier molecular flexibility index (Phi) is 4.37. The highest BCUT2D eigenvalue weighted by Crippen LogP contribution is 2.23. The van der Waals surface area contributed by atoms with Gasteiger partial charge in [0.15, 0.2) is 11.6 Å². The fourth-order valence-electron chi connectivity index (χ4n) is 1.74. The molecule has 21 heavy (non-hydrogen) atoms. The lowest BCUT2D eigenvalue weighted by Gasteiger charge is -2.09. The van der Waals surface area contributed by atoms with Crippen LogP contribution in [-0.4, -0.2) is 17.6 Å². The molecule has 0 radical (unpaired) electrons. The molecule has 110 valence electrons. The molecule has 0 aliphatic heterocycles. The fraction of sp³-hybridized carbons (Fsp3) is 0.133. The minimum Gasteiger partial charge on any atom is -0.507 e. The van der Waals surface area contributed by atoms with Gasteiger partial charge in [-0.15, -0.1) is 0 Å². The van der Waals surface area contributed by atoms with Gasteiger partial charge in [0, 0.05) is 11.8 Å². The summed E-state index contributed by atoms with van der Waals surface area (Å²) in [6.07, 6.45) is 0. The number of hydrogen-bond acceptors (Lipinski definition) is 3. The Hall–Kier alpha value is -2.63. The summed E-state index contributed by atoms with van der Waals surface area (Å²) in [5, 5.41) is 11.9. The number of anilines is 1. The van der Waals surface area contributed by atoms with E-state index in [4.69, 9.17) is 4.74 Å². The van der Waals surface area contributed by atoms with Crippen LogP contribution in [-0.2, 0) is 0 Å². The monoisotopic (exact) mass is 293 g/mol. The van der Waals surface area contributed by atoms with E-state index in [2.05, 4.69) is 5.32 Å². The highest BCUT2D eigenvalue weighted by atomic mass is 19.1. The highest BCUT2D eigenvalue weighted by Gasteiger charge is 2.13. The van der Waals surface area contributed by atoms with Gasteiger partial charge >= 0.3 is 0 Å². The van der Waals surface area contributed by atoms with E-state index < -0.39 is 17.5 Å². The topological polar surface area (TPSA) is 58.6 Å². The number of phenols is 1. The van der Waals surface area contributed by atoms with Gasteiger partial charge in [-0.2, -0.15) is 0 Å². The Morgan fingerprint density at radius 1 is 1.24 bits per heavy atom. The van der Waals surface area contributed by atoms with Crippen LogP contribution in [0.4, 0.5) is 14.5 Å². The van der Waals surface area contributed by atoms with Crippen molar-refractivity contribution in [3.05, 3.63) is 53.6 Å². The number of phenolic OH excluding ortho intramolecular Hbond substituents is 1. The van der Waals surface area contributed by atoms with Gasteiger partial charge in [-0.25, -0.2) is 8.78 Å². The average Bonchev–Trinajstić information content (AvgIpc) is 2.44. The summed E-state index contributed by atoms with van der Waals surface area (Å²) in [5.74, 6) is -2.31. The number of benzene rings is 2. The lowest BCUT2D eigenvalue weighted by Crippen LogP contribution is -2.12. The van der Waals surface area contributed by atoms with E-state index in [0.29, 0.717) is 6.61 Å². The van der Waals surface area contributed by atoms with E-state index >= 15 is 0 Å². The van der Waals surface area contributed by atoms with Crippen LogP contribution in [0, 0.1) is 11.6 Å². The van der Waals surface area contributed by atoms with Crippen LogP contribution in [0.25, 0.3) is 0 Å². The van der Waals surface area contributed by atoms with E-state index in [1.54, 1.807) is 6.92 Å². The maximum atomic E-state index is 13.6. The number of aromatic hydroxyl groups is 1. The molecule has 0 bridgehead atoms. The second-order valence-electron chi connectivity index (χ2n) is 4.19. The Morgan fingerprint density at radius 2 is 2.00 bits per heavy atom. The summed E-state index contributed by atoms with van der Waals surface area (Å²) in [7, 11) is 0. The third-order valence-corrected chi connectivity index (χ3v) is 2.69. The number of carbonyl (C=O) groups is 1. The number of hydrogen-bond donors (Lipinski definition) is 2. The molecule has 0 aliphatic rings. The zero-order valence-corrected chi connectivity index (χ0v) is 11.2. The maximum Gasteiger partial charge on any atom is 0.259 e. The molecule has 0 spiro atoms. The van der Waals surface area contributed by atoms with E-state index in [-0.39, 0.29) is 22.7 Å². The molecule has 0 saturated heterocycles. The Bertz CT molecular complexity index is 674. The lowest BCUT2D eigenvalue weighted by molar-refractivity contribution is 0.102. The van der Waals surface area contributed by atoms with Crippen LogP contribution in [0.15, 0.2) is 36.4 Å². The molecule has 1 amide bonds. The molecule has 4 nitrogen and oxygen atoms in total. The zero-order valence-electron chi connectivity index (χ0n) is 11.2. The molecule has 0 fully saturated rings. The average molecular weight is 293 g/mol. The van der Waals surface area contributed by atoms with Gasteiger partial charge in [-0.1, -0.05) is 0 Å². The predicted molar refractivity (Wildman–Crippen MR) is 73.6 cm³/mol. The first-order chi connectivity index (χ1) is 10.0. The van der Waals surface area contributed by atoms with Gasteiger partial charge in [-0.3, -0.25) is 4.79 Å². The SMILES string of the molecule is CCOc1ccc(NC(=O)c2cc(F)ccc2O)cc1F. The first-order valence-corrected chi connectivity index (χ1v) is 6.23. The minimum atomic E-state index is -0.740. The Balaban J connectivity index is 2.19. The quantitative estimate of drug-likeness (QED) is 0.909. The van der Waals surface area contributed by atoms with Gasteiger partial charge in [0.1, 0.15) is 11.6 Å². The summed E-state index contributed by atoms with van der Waals surface area (Å²) in [6, 6.07) is 6.91. The van der Waals surface area contributed by atoms with Crippen molar-refractivity contribution in [3.8, 4) is 11.5 Å². The number of halogens is 2. The van der Waals surface area contributed by atoms with Gasteiger partial charge in [0.2, 0.25) is 0 Å². The van der Waals surface area contributed by atoms with Gasteiger partial charge in [0.25, 0.3) is 5.91 Å². The molecule has 2 rings (SSSR count). The van der Waals surface area contributed by atoms with Crippen LogP contribution in [0.1, 0.15) is 17.3 Å². The van der Waals surface area contributed by atoms with Crippen LogP contribution < -0.4 is 10.1 Å². The fourth-order valence-corrected chi connectivity index (χ4v) is 1.74. The van der Waals surface area contributed by atoms with Crippen molar-refractivity contribution in [1.29, 1.82) is 0 Å².